The number of amides is 1. The Bertz CT molecular complexity index is 474. The maximum atomic E-state index is 11.7. The molecule has 1 unspecified atom stereocenters. The lowest BCUT2D eigenvalue weighted by molar-refractivity contribution is -0.124. The number of aryl methyl sites for hydroxylation is 1. The lowest BCUT2D eigenvalue weighted by Gasteiger charge is -2.20. The number of rotatable bonds is 4. The van der Waals surface area contributed by atoms with Crippen LogP contribution in [0.5, 0.6) is 11.5 Å². The Kier molecular flexibility index (Phi) is 4.27. The number of benzene rings is 1. The largest absolute Gasteiger partial charge is 0.486 e. The van der Waals surface area contributed by atoms with E-state index in [2.05, 4.69) is 5.32 Å². The molecule has 2 rings (SSSR count). The van der Waals surface area contributed by atoms with E-state index in [1.54, 1.807) is 0 Å². The number of carbonyl (C=O) groups is 1. The molecule has 1 amide bonds. The van der Waals surface area contributed by atoms with Gasteiger partial charge in [0.25, 0.3) is 0 Å². The van der Waals surface area contributed by atoms with Gasteiger partial charge >= 0.3 is 0 Å². The van der Waals surface area contributed by atoms with Gasteiger partial charge in [0.2, 0.25) is 5.91 Å². The molecule has 0 aliphatic carbocycles. The van der Waals surface area contributed by atoms with Crippen LogP contribution >= 0.6 is 0 Å². The zero-order valence-corrected chi connectivity index (χ0v) is 11.4. The minimum absolute atomic E-state index is 0.0308. The molecule has 0 aromatic heterocycles. The SMILES string of the molecule is Cc1cc2c(cc1CNC(=O)C(C)CN)OCCO2. The van der Waals surface area contributed by atoms with E-state index in [9.17, 15) is 4.79 Å². The van der Waals surface area contributed by atoms with E-state index in [1.165, 1.54) is 0 Å². The number of carbonyl (C=O) groups excluding carboxylic acids is 1. The van der Waals surface area contributed by atoms with Gasteiger partial charge in [-0.1, -0.05) is 6.92 Å². The van der Waals surface area contributed by atoms with Crippen molar-refractivity contribution in [2.75, 3.05) is 19.8 Å². The van der Waals surface area contributed by atoms with Crippen LogP contribution in [0.4, 0.5) is 0 Å². The molecule has 0 saturated carbocycles. The van der Waals surface area contributed by atoms with Crippen LogP contribution in [0.2, 0.25) is 0 Å². The van der Waals surface area contributed by atoms with E-state index in [0.717, 1.165) is 22.6 Å². The van der Waals surface area contributed by atoms with Crippen molar-refractivity contribution in [1.29, 1.82) is 0 Å². The van der Waals surface area contributed by atoms with Crippen molar-refractivity contribution in [3.05, 3.63) is 23.3 Å². The smallest absolute Gasteiger partial charge is 0.224 e. The second kappa shape index (κ2) is 5.93. The Labute approximate surface area is 113 Å². The van der Waals surface area contributed by atoms with Gasteiger partial charge in [-0.05, 0) is 30.2 Å². The zero-order chi connectivity index (χ0) is 13.8. The maximum absolute atomic E-state index is 11.7. The van der Waals surface area contributed by atoms with Gasteiger partial charge in [-0.15, -0.1) is 0 Å². The van der Waals surface area contributed by atoms with Gasteiger partial charge in [-0.3, -0.25) is 4.79 Å². The van der Waals surface area contributed by atoms with Gasteiger partial charge < -0.3 is 20.5 Å². The van der Waals surface area contributed by atoms with Crippen LogP contribution in [-0.2, 0) is 11.3 Å². The Hall–Kier alpha value is -1.75. The van der Waals surface area contributed by atoms with Crippen LogP contribution in [0.25, 0.3) is 0 Å². The maximum Gasteiger partial charge on any atom is 0.224 e. The fraction of sp³-hybridized carbons (Fsp3) is 0.500. The molecule has 19 heavy (non-hydrogen) atoms. The molecule has 1 aliphatic rings. The van der Waals surface area contributed by atoms with E-state index < -0.39 is 0 Å². The number of hydrogen-bond donors (Lipinski definition) is 2. The van der Waals surface area contributed by atoms with Crippen molar-refractivity contribution in [2.24, 2.45) is 11.7 Å². The van der Waals surface area contributed by atoms with Gasteiger partial charge in [-0.25, -0.2) is 0 Å². The van der Waals surface area contributed by atoms with Gasteiger partial charge in [0, 0.05) is 19.0 Å². The van der Waals surface area contributed by atoms with E-state index >= 15 is 0 Å². The molecule has 0 radical (unpaired) electrons. The minimum atomic E-state index is -0.169. The van der Waals surface area contributed by atoms with Crippen molar-refractivity contribution < 1.29 is 14.3 Å². The number of fused-ring (bicyclic) bond motifs is 1. The monoisotopic (exact) mass is 264 g/mol. The fourth-order valence-electron chi connectivity index (χ4n) is 1.89. The van der Waals surface area contributed by atoms with Crippen molar-refractivity contribution in [2.45, 2.75) is 20.4 Å². The molecule has 0 bridgehead atoms. The molecule has 0 saturated heterocycles. The predicted molar refractivity (Wildman–Crippen MR) is 72.2 cm³/mol. The van der Waals surface area contributed by atoms with Crippen LogP contribution in [0.3, 0.4) is 0 Å². The summed E-state index contributed by atoms with van der Waals surface area (Å²) in [6.45, 7) is 5.78. The van der Waals surface area contributed by atoms with Gasteiger partial charge in [0.05, 0.1) is 0 Å². The van der Waals surface area contributed by atoms with Gasteiger partial charge in [-0.2, -0.15) is 0 Å². The highest BCUT2D eigenvalue weighted by Crippen LogP contribution is 2.32. The summed E-state index contributed by atoms with van der Waals surface area (Å²) in [5.41, 5.74) is 7.57. The Morgan fingerprint density at radius 2 is 2.00 bits per heavy atom. The summed E-state index contributed by atoms with van der Waals surface area (Å²) in [6.07, 6.45) is 0. The molecule has 0 fully saturated rings. The highest BCUT2D eigenvalue weighted by Gasteiger charge is 2.15. The molecule has 1 aliphatic heterocycles. The molecule has 1 atom stereocenters. The van der Waals surface area contributed by atoms with E-state index in [0.29, 0.717) is 26.3 Å². The average Bonchev–Trinajstić information content (AvgIpc) is 2.43. The quantitative estimate of drug-likeness (QED) is 0.850. The summed E-state index contributed by atoms with van der Waals surface area (Å²) >= 11 is 0. The first-order valence-electron chi connectivity index (χ1n) is 6.48. The highest BCUT2D eigenvalue weighted by molar-refractivity contribution is 5.78. The predicted octanol–water partition coefficient (Wildman–Crippen LogP) is 0.977. The van der Waals surface area contributed by atoms with Crippen LogP contribution in [0, 0.1) is 12.8 Å². The molecular formula is C14H20N2O3. The Morgan fingerprint density at radius 1 is 1.37 bits per heavy atom. The summed E-state index contributed by atoms with van der Waals surface area (Å²) in [7, 11) is 0. The molecule has 5 nitrogen and oxygen atoms in total. The third-order valence-corrected chi connectivity index (χ3v) is 3.25. The van der Waals surface area contributed by atoms with Crippen LogP contribution in [0.1, 0.15) is 18.1 Å². The summed E-state index contributed by atoms with van der Waals surface area (Å²) in [5, 5.41) is 2.88. The molecule has 1 heterocycles. The Balaban J connectivity index is 2.06. The molecular weight excluding hydrogens is 244 g/mol. The summed E-state index contributed by atoms with van der Waals surface area (Å²) < 4.78 is 11.0. The van der Waals surface area contributed by atoms with Crippen molar-refractivity contribution >= 4 is 5.91 Å². The second-order valence-electron chi connectivity index (χ2n) is 4.78. The molecule has 3 N–H and O–H groups in total. The molecule has 1 aromatic rings. The van der Waals surface area contributed by atoms with E-state index in [4.69, 9.17) is 15.2 Å². The van der Waals surface area contributed by atoms with Crippen LogP contribution in [0.15, 0.2) is 12.1 Å². The average molecular weight is 264 g/mol. The first-order valence-corrected chi connectivity index (χ1v) is 6.48. The fourth-order valence-corrected chi connectivity index (χ4v) is 1.89. The topological polar surface area (TPSA) is 73.6 Å². The highest BCUT2D eigenvalue weighted by atomic mass is 16.6. The van der Waals surface area contributed by atoms with Crippen molar-refractivity contribution in [3.8, 4) is 11.5 Å². The lowest BCUT2D eigenvalue weighted by atomic mass is 10.1. The molecule has 1 aromatic carbocycles. The number of ether oxygens (including phenoxy) is 2. The third kappa shape index (κ3) is 3.17. The number of nitrogens with two attached hydrogens (primary N) is 1. The van der Waals surface area contributed by atoms with Gasteiger partial charge in [0.15, 0.2) is 11.5 Å². The summed E-state index contributed by atoms with van der Waals surface area (Å²) in [6, 6.07) is 3.87. The summed E-state index contributed by atoms with van der Waals surface area (Å²) in [5.74, 6) is 1.32. The van der Waals surface area contributed by atoms with Crippen LogP contribution < -0.4 is 20.5 Å². The van der Waals surface area contributed by atoms with Crippen LogP contribution in [-0.4, -0.2) is 25.7 Å². The van der Waals surface area contributed by atoms with Crippen molar-refractivity contribution in [1.82, 2.24) is 5.32 Å². The normalized spacial score (nSPS) is 14.9. The number of hydrogen-bond acceptors (Lipinski definition) is 4. The van der Waals surface area contributed by atoms with Gasteiger partial charge in [0.1, 0.15) is 13.2 Å². The first-order chi connectivity index (χ1) is 9.11. The van der Waals surface area contributed by atoms with Crippen molar-refractivity contribution in [3.63, 3.8) is 0 Å². The number of nitrogens with one attached hydrogen (secondary N) is 1. The molecule has 5 heteroatoms. The first kappa shape index (κ1) is 13.7. The zero-order valence-electron chi connectivity index (χ0n) is 11.4. The Morgan fingerprint density at radius 3 is 2.63 bits per heavy atom. The van der Waals surface area contributed by atoms with E-state index in [-0.39, 0.29) is 11.8 Å². The molecule has 0 spiro atoms. The standard InChI is InChI=1S/C14H20N2O3/c1-9-5-12-13(19-4-3-18-12)6-11(9)8-16-14(17)10(2)7-15/h5-6,10H,3-4,7-8,15H2,1-2H3,(H,16,17). The third-order valence-electron chi connectivity index (χ3n) is 3.25. The molecule has 104 valence electrons. The minimum Gasteiger partial charge on any atom is -0.486 e. The second-order valence-corrected chi connectivity index (χ2v) is 4.78. The lowest BCUT2D eigenvalue weighted by Crippen LogP contribution is -2.33. The van der Waals surface area contributed by atoms with E-state index in [1.807, 2.05) is 26.0 Å². The summed E-state index contributed by atoms with van der Waals surface area (Å²) in [4.78, 5) is 11.7.